The van der Waals surface area contributed by atoms with Crippen LogP contribution in [0.5, 0.6) is 0 Å². The molecule has 6 atom stereocenters. The van der Waals surface area contributed by atoms with Crippen molar-refractivity contribution in [2.24, 2.45) is 23.2 Å². The fourth-order valence-corrected chi connectivity index (χ4v) is 8.64. The van der Waals surface area contributed by atoms with Crippen LogP contribution in [0.15, 0.2) is 59.8 Å². The van der Waals surface area contributed by atoms with E-state index in [0.29, 0.717) is 17.8 Å². The Bertz CT molecular complexity index is 1320. The largest absolute Gasteiger partial charge is 0.481 e. The summed E-state index contributed by atoms with van der Waals surface area (Å²) in [6, 6.07) is 11.5. The highest BCUT2D eigenvalue weighted by atomic mass is 32.2. The van der Waals surface area contributed by atoms with Gasteiger partial charge in [0, 0.05) is 12.4 Å². The van der Waals surface area contributed by atoms with Crippen molar-refractivity contribution in [3.63, 3.8) is 0 Å². The molecule has 0 unspecified atom stereocenters. The normalized spacial score (nSPS) is 30.5. The minimum atomic E-state index is -3.97. The van der Waals surface area contributed by atoms with Gasteiger partial charge in [-0.1, -0.05) is 63.4 Å². The number of pyridine rings is 1. The molecule has 5 fully saturated rings. The Kier molecular flexibility index (Phi) is 7.34. The van der Waals surface area contributed by atoms with Gasteiger partial charge >= 0.3 is 7.12 Å². The number of amides is 1. The molecule has 0 spiro atoms. The molecule has 7 rings (SSSR count). The summed E-state index contributed by atoms with van der Waals surface area (Å²) >= 11 is 0. The predicted octanol–water partition coefficient (Wildman–Crippen LogP) is 3.91. The molecule has 2 bridgehead atoms. The molecule has 10 heteroatoms. The summed E-state index contributed by atoms with van der Waals surface area (Å²) in [4.78, 5) is 17.9. The molecule has 214 valence electrons. The molecule has 4 aliphatic carbocycles. The maximum absolute atomic E-state index is 13.9. The smallest absolute Gasteiger partial charge is 0.404 e. The second kappa shape index (κ2) is 10.5. The van der Waals surface area contributed by atoms with E-state index in [0.717, 1.165) is 37.7 Å². The topological polar surface area (TPSA) is 107 Å². The van der Waals surface area contributed by atoms with Gasteiger partial charge in [-0.25, -0.2) is 8.42 Å². The van der Waals surface area contributed by atoms with Crippen molar-refractivity contribution in [2.45, 2.75) is 94.3 Å². The Morgan fingerprint density at radius 3 is 2.55 bits per heavy atom. The number of nitrogens with zero attached hydrogens (tertiary/aromatic N) is 1. The van der Waals surface area contributed by atoms with Crippen LogP contribution in [0, 0.1) is 23.2 Å². The van der Waals surface area contributed by atoms with E-state index in [9.17, 15) is 13.2 Å². The number of sulfonamides is 1. The summed E-state index contributed by atoms with van der Waals surface area (Å²) in [6.07, 6.45) is 9.36. The Morgan fingerprint density at radius 1 is 1.12 bits per heavy atom. The van der Waals surface area contributed by atoms with Crippen molar-refractivity contribution in [1.29, 1.82) is 0 Å². The van der Waals surface area contributed by atoms with Gasteiger partial charge in [-0.3, -0.25) is 9.78 Å². The number of benzene rings is 1. The van der Waals surface area contributed by atoms with E-state index in [1.54, 1.807) is 6.07 Å². The maximum atomic E-state index is 13.9. The van der Waals surface area contributed by atoms with Crippen LogP contribution in [0.4, 0.5) is 0 Å². The van der Waals surface area contributed by atoms with Gasteiger partial charge in [0.1, 0.15) is 10.9 Å². The van der Waals surface area contributed by atoms with Gasteiger partial charge < -0.3 is 14.6 Å². The average molecular weight is 566 g/mol. The van der Waals surface area contributed by atoms with Crippen molar-refractivity contribution in [3.05, 3.63) is 60.4 Å². The third-order valence-corrected chi connectivity index (χ3v) is 11.7. The second-order valence-corrected chi connectivity index (χ2v) is 14.8. The molecule has 1 saturated heterocycles. The SMILES string of the molecule is CC1(C)[C@@H]2C[C@H]3OB([C@H](CC4CCC4)NC(=O)[C@H](Cc4ccccc4)NS(=O)(=O)c4cccnc4)O[C@@]3(C)[C@H]1C2. The fraction of sp³-hybridized carbons (Fsp3) is 0.600. The van der Waals surface area contributed by atoms with E-state index in [-0.39, 0.29) is 40.3 Å². The average Bonchev–Trinajstić information content (AvgIpc) is 3.27. The van der Waals surface area contributed by atoms with E-state index in [1.807, 2.05) is 30.3 Å². The van der Waals surface area contributed by atoms with Crippen LogP contribution in [0.2, 0.25) is 0 Å². The van der Waals surface area contributed by atoms with E-state index in [2.05, 4.69) is 35.8 Å². The summed E-state index contributed by atoms with van der Waals surface area (Å²) in [5.41, 5.74) is 0.708. The summed E-state index contributed by atoms with van der Waals surface area (Å²) in [7, 11) is -4.53. The third-order valence-electron chi connectivity index (χ3n) is 10.3. The first kappa shape index (κ1) is 27.9. The lowest BCUT2D eigenvalue weighted by Crippen LogP contribution is -2.65. The highest BCUT2D eigenvalue weighted by molar-refractivity contribution is 7.89. The highest BCUT2D eigenvalue weighted by Crippen LogP contribution is 2.65. The number of rotatable bonds is 10. The maximum Gasteiger partial charge on any atom is 0.481 e. The van der Waals surface area contributed by atoms with Crippen molar-refractivity contribution >= 4 is 23.0 Å². The molecule has 40 heavy (non-hydrogen) atoms. The summed E-state index contributed by atoms with van der Waals surface area (Å²) in [5, 5.41) is 3.20. The van der Waals surface area contributed by atoms with Gasteiger partial charge in [-0.15, -0.1) is 0 Å². The molecule has 0 radical (unpaired) electrons. The first-order valence-corrected chi connectivity index (χ1v) is 16.1. The Hall–Kier alpha value is -2.27. The van der Waals surface area contributed by atoms with Gasteiger partial charge in [0.15, 0.2) is 0 Å². The van der Waals surface area contributed by atoms with Crippen molar-refractivity contribution in [3.8, 4) is 0 Å². The number of carbonyl (C=O) groups excluding carboxylic acids is 1. The summed E-state index contributed by atoms with van der Waals surface area (Å²) < 4.78 is 42.5. The molecule has 1 aromatic carbocycles. The third kappa shape index (κ3) is 5.12. The van der Waals surface area contributed by atoms with Crippen LogP contribution in [0.25, 0.3) is 0 Å². The molecular formula is C30H40BN3O5S. The van der Waals surface area contributed by atoms with Gasteiger partial charge in [0.05, 0.1) is 17.6 Å². The standard InChI is InChI=1S/C30H40BN3O5S/c1-29(2)22-17-25(29)30(3)26(18-22)38-31(39-30)27(16-21-11-7-12-21)33-28(35)24(15-20-9-5-4-6-10-20)34-40(36,37)23-13-8-14-32-19-23/h4-6,8-10,13-14,19,21-22,24-27,34H,7,11-12,15-18H2,1-3H3,(H,33,35)/t22-,24-,25-,26+,27-,30-/m0/s1. The Labute approximate surface area is 238 Å². The lowest BCUT2D eigenvalue weighted by Gasteiger charge is -2.64. The van der Waals surface area contributed by atoms with Gasteiger partial charge in [0.25, 0.3) is 0 Å². The van der Waals surface area contributed by atoms with Crippen LogP contribution in [0.3, 0.4) is 0 Å². The molecule has 4 saturated carbocycles. The van der Waals surface area contributed by atoms with Crippen LogP contribution < -0.4 is 10.0 Å². The van der Waals surface area contributed by atoms with Gasteiger partial charge in [0.2, 0.25) is 15.9 Å². The molecule has 1 aliphatic heterocycles. The molecule has 8 nitrogen and oxygen atoms in total. The van der Waals surface area contributed by atoms with Gasteiger partial charge in [-0.05, 0) is 73.5 Å². The summed E-state index contributed by atoms with van der Waals surface area (Å²) in [6.45, 7) is 6.85. The van der Waals surface area contributed by atoms with Crippen molar-refractivity contribution in [2.75, 3.05) is 0 Å². The number of aromatic nitrogens is 1. The summed E-state index contributed by atoms with van der Waals surface area (Å²) in [5.74, 6) is 0.817. The van der Waals surface area contributed by atoms with Crippen LogP contribution >= 0.6 is 0 Å². The van der Waals surface area contributed by atoms with E-state index in [4.69, 9.17) is 9.31 Å². The first-order valence-electron chi connectivity index (χ1n) is 14.7. The zero-order valence-corrected chi connectivity index (χ0v) is 24.4. The molecule has 2 N–H and O–H groups in total. The van der Waals surface area contributed by atoms with Crippen LogP contribution in [-0.2, 0) is 30.5 Å². The quantitative estimate of drug-likeness (QED) is 0.423. The second-order valence-electron chi connectivity index (χ2n) is 13.0. The first-order chi connectivity index (χ1) is 19.1. The zero-order chi connectivity index (χ0) is 28.1. The minimum Gasteiger partial charge on any atom is -0.404 e. The number of nitrogens with one attached hydrogen (secondary N) is 2. The Balaban J connectivity index is 1.23. The van der Waals surface area contributed by atoms with E-state index >= 15 is 0 Å². The van der Waals surface area contributed by atoms with E-state index < -0.39 is 23.2 Å². The molecule has 2 aromatic rings. The number of hydrogen-bond donors (Lipinski definition) is 2. The van der Waals surface area contributed by atoms with Crippen LogP contribution in [-0.4, -0.2) is 50.1 Å². The van der Waals surface area contributed by atoms with Crippen molar-refractivity contribution < 1.29 is 22.5 Å². The van der Waals surface area contributed by atoms with Crippen LogP contribution in [0.1, 0.15) is 64.9 Å². The number of carbonyl (C=O) groups is 1. The van der Waals surface area contributed by atoms with Gasteiger partial charge in [-0.2, -0.15) is 4.72 Å². The van der Waals surface area contributed by atoms with E-state index in [1.165, 1.54) is 24.9 Å². The Morgan fingerprint density at radius 2 is 1.90 bits per heavy atom. The lowest BCUT2D eigenvalue weighted by atomic mass is 9.43. The molecule has 5 aliphatic rings. The molecular weight excluding hydrogens is 525 g/mol. The van der Waals surface area contributed by atoms with Crippen molar-refractivity contribution in [1.82, 2.24) is 15.0 Å². The fourth-order valence-electron chi connectivity index (χ4n) is 7.48. The zero-order valence-electron chi connectivity index (χ0n) is 23.6. The predicted molar refractivity (Wildman–Crippen MR) is 152 cm³/mol. The molecule has 1 aromatic heterocycles. The molecule has 2 heterocycles. The minimum absolute atomic E-state index is 0.0132. The monoisotopic (exact) mass is 565 g/mol. The number of hydrogen-bond acceptors (Lipinski definition) is 6. The highest BCUT2D eigenvalue weighted by Gasteiger charge is 2.68. The molecule has 1 amide bonds. The lowest BCUT2D eigenvalue weighted by molar-refractivity contribution is -0.199.